The number of nitrogens with zero attached hydrogens (tertiary/aromatic N) is 1. The molecule has 10 heteroatoms. The molecule has 0 unspecified atom stereocenters. The molecule has 3 aromatic rings. The van der Waals surface area contributed by atoms with Crippen LogP contribution in [0.25, 0.3) is 6.08 Å². The third kappa shape index (κ3) is 5.98. The van der Waals surface area contributed by atoms with Crippen molar-refractivity contribution >= 4 is 96.7 Å². The van der Waals surface area contributed by atoms with Gasteiger partial charge in [0.2, 0.25) is 0 Å². The number of hydrogen-bond donors (Lipinski definition) is 0. The van der Waals surface area contributed by atoms with E-state index in [2.05, 4.69) is 15.9 Å². The van der Waals surface area contributed by atoms with Gasteiger partial charge in [0.05, 0.1) is 26.7 Å². The van der Waals surface area contributed by atoms with Gasteiger partial charge in [-0.2, -0.15) is 0 Å². The zero-order valence-corrected chi connectivity index (χ0v) is 23.7. The molecule has 4 rings (SSSR count). The van der Waals surface area contributed by atoms with E-state index in [0.717, 1.165) is 11.1 Å². The van der Waals surface area contributed by atoms with Crippen molar-refractivity contribution in [2.45, 2.75) is 13.5 Å². The molecule has 0 saturated carbocycles. The van der Waals surface area contributed by atoms with Crippen LogP contribution in [0.4, 0.5) is 5.69 Å². The molecule has 4 nitrogen and oxygen atoms in total. The van der Waals surface area contributed by atoms with E-state index in [9.17, 15) is 4.79 Å². The maximum absolute atomic E-state index is 13.2. The molecule has 1 amide bonds. The number of thiocarbonyl (C=S) groups is 1. The number of amides is 1. The van der Waals surface area contributed by atoms with Crippen molar-refractivity contribution in [1.29, 1.82) is 0 Å². The van der Waals surface area contributed by atoms with Gasteiger partial charge in [-0.3, -0.25) is 9.69 Å². The summed E-state index contributed by atoms with van der Waals surface area (Å²) in [5.41, 5.74) is 2.09. The quantitative estimate of drug-likeness (QED) is 0.193. The van der Waals surface area contributed by atoms with Crippen LogP contribution in [0.3, 0.4) is 0 Å². The van der Waals surface area contributed by atoms with E-state index < -0.39 is 0 Å². The highest BCUT2D eigenvalue weighted by atomic mass is 79.9. The molecule has 180 valence electrons. The highest BCUT2D eigenvalue weighted by Gasteiger charge is 2.34. The van der Waals surface area contributed by atoms with Gasteiger partial charge in [0, 0.05) is 15.6 Å². The minimum Gasteiger partial charge on any atom is -0.490 e. The zero-order valence-electron chi connectivity index (χ0n) is 18.2. The normalized spacial score (nSPS) is 14.7. The summed E-state index contributed by atoms with van der Waals surface area (Å²) < 4.78 is 12.9. The van der Waals surface area contributed by atoms with E-state index in [0.29, 0.717) is 52.6 Å². The van der Waals surface area contributed by atoms with Crippen LogP contribution >= 0.6 is 74.7 Å². The number of anilines is 1. The SMILES string of the molecule is CCOc1cc(/C=C2\SC(=S)N(c3ccc(Cl)cc3Cl)C2=O)cc(Br)c1OCc1ccccc1Cl. The number of halogens is 4. The lowest BCUT2D eigenvalue weighted by Crippen LogP contribution is -2.27. The first-order valence-corrected chi connectivity index (χ1v) is 13.5. The van der Waals surface area contributed by atoms with Crippen molar-refractivity contribution in [3.63, 3.8) is 0 Å². The van der Waals surface area contributed by atoms with E-state index in [1.807, 2.05) is 43.3 Å². The van der Waals surface area contributed by atoms with Gasteiger partial charge in [-0.1, -0.05) is 77.0 Å². The predicted octanol–water partition coefficient (Wildman–Crippen LogP) is 8.79. The monoisotopic (exact) mass is 627 g/mol. The van der Waals surface area contributed by atoms with Crippen LogP contribution in [-0.2, 0) is 11.4 Å². The number of hydrogen-bond acceptors (Lipinski definition) is 5. The first-order chi connectivity index (χ1) is 16.8. The molecule has 1 heterocycles. The third-order valence-electron chi connectivity index (χ3n) is 4.90. The molecular formula is C25H17BrCl3NO3S2. The lowest BCUT2D eigenvalue weighted by Gasteiger charge is -2.16. The minimum absolute atomic E-state index is 0.266. The molecule has 0 aromatic heterocycles. The second-order valence-corrected chi connectivity index (χ2v) is 11.0. The van der Waals surface area contributed by atoms with E-state index in [-0.39, 0.29) is 12.5 Å². The first kappa shape index (κ1) is 26.3. The van der Waals surface area contributed by atoms with Crippen LogP contribution in [0.1, 0.15) is 18.1 Å². The van der Waals surface area contributed by atoms with Crippen molar-refractivity contribution in [2.24, 2.45) is 0 Å². The van der Waals surface area contributed by atoms with Gasteiger partial charge in [-0.25, -0.2) is 0 Å². The van der Waals surface area contributed by atoms with Crippen molar-refractivity contribution in [2.75, 3.05) is 11.5 Å². The van der Waals surface area contributed by atoms with E-state index in [4.69, 9.17) is 56.5 Å². The van der Waals surface area contributed by atoms with Gasteiger partial charge < -0.3 is 9.47 Å². The Bertz CT molecular complexity index is 1350. The molecule has 0 atom stereocenters. The summed E-state index contributed by atoms with van der Waals surface area (Å²) in [6.07, 6.45) is 1.76. The summed E-state index contributed by atoms with van der Waals surface area (Å²) in [4.78, 5) is 15.1. The van der Waals surface area contributed by atoms with Gasteiger partial charge >= 0.3 is 0 Å². The molecule has 0 spiro atoms. The lowest BCUT2D eigenvalue weighted by molar-refractivity contribution is -0.113. The third-order valence-corrected chi connectivity index (χ3v) is 7.70. The topological polar surface area (TPSA) is 38.8 Å². The van der Waals surface area contributed by atoms with Crippen molar-refractivity contribution in [3.8, 4) is 11.5 Å². The molecule has 1 saturated heterocycles. The second-order valence-electron chi connectivity index (χ2n) is 7.26. The average Bonchev–Trinajstić information content (AvgIpc) is 3.07. The molecule has 1 aliphatic rings. The summed E-state index contributed by atoms with van der Waals surface area (Å²) in [5.74, 6) is 0.818. The van der Waals surface area contributed by atoms with Gasteiger partial charge in [-0.05, 0) is 70.9 Å². The van der Waals surface area contributed by atoms with E-state index in [1.54, 1.807) is 24.3 Å². The van der Waals surface area contributed by atoms with Gasteiger partial charge in [-0.15, -0.1) is 0 Å². The molecule has 35 heavy (non-hydrogen) atoms. The summed E-state index contributed by atoms with van der Waals surface area (Å²) >= 11 is 28.8. The standard InChI is InChI=1S/C25H17BrCl3NO3S2/c1-2-32-21-10-14(9-17(26)23(21)33-13-15-5-3-4-6-18(15)28)11-22-24(31)30(25(34)35-22)20-8-7-16(27)12-19(20)29/h3-12H,2,13H2,1H3/b22-11-. The number of rotatable bonds is 7. The Kier molecular flexibility index (Phi) is 8.68. The van der Waals surface area contributed by atoms with Crippen molar-refractivity contribution in [3.05, 3.63) is 90.2 Å². The van der Waals surface area contributed by atoms with Crippen LogP contribution in [-0.4, -0.2) is 16.8 Å². The Balaban J connectivity index is 1.62. The van der Waals surface area contributed by atoms with Crippen LogP contribution in [0.5, 0.6) is 11.5 Å². The van der Waals surface area contributed by atoms with Gasteiger partial charge in [0.15, 0.2) is 15.8 Å². The van der Waals surface area contributed by atoms with E-state index in [1.165, 1.54) is 16.7 Å². The molecule has 0 bridgehead atoms. The molecule has 1 aliphatic heterocycles. The summed E-state index contributed by atoms with van der Waals surface area (Å²) in [6.45, 7) is 2.60. The highest BCUT2D eigenvalue weighted by molar-refractivity contribution is 9.10. The largest absolute Gasteiger partial charge is 0.490 e. The number of benzene rings is 3. The number of ether oxygens (including phenoxy) is 2. The van der Waals surface area contributed by atoms with Crippen molar-refractivity contribution in [1.82, 2.24) is 0 Å². The molecule has 1 fully saturated rings. The van der Waals surface area contributed by atoms with Gasteiger partial charge in [0.1, 0.15) is 6.61 Å². The van der Waals surface area contributed by atoms with Crippen molar-refractivity contribution < 1.29 is 14.3 Å². The van der Waals surface area contributed by atoms with Crippen LogP contribution < -0.4 is 14.4 Å². The fourth-order valence-electron chi connectivity index (χ4n) is 3.33. The maximum Gasteiger partial charge on any atom is 0.270 e. The summed E-state index contributed by atoms with van der Waals surface area (Å²) in [7, 11) is 0. The second kappa shape index (κ2) is 11.5. The Labute approximate surface area is 236 Å². The predicted molar refractivity (Wildman–Crippen MR) is 153 cm³/mol. The molecular weight excluding hydrogens is 613 g/mol. The summed E-state index contributed by atoms with van der Waals surface area (Å²) in [6, 6.07) is 16.1. The summed E-state index contributed by atoms with van der Waals surface area (Å²) in [5, 5.41) is 1.45. The van der Waals surface area contributed by atoms with E-state index >= 15 is 0 Å². The molecule has 0 N–H and O–H groups in total. The zero-order chi connectivity index (χ0) is 25.1. The maximum atomic E-state index is 13.2. The fraction of sp³-hybridized carbons (Fsp3) is 0.120. The molecule has 0 radical (unpaired) electrons. The number of carbonyl (C=O) groups excluding carboxylic acids is 1. The molecule has 3 aromatic carbocycles. The van der Waals surface area contributed by atoms with Crippen LogP contribution in [0.2, 0.25) is 15.1 Å². The minimum atomic E-state index is -0.266. The lowest BCUT2D eigenvalue weighted by atomic mass is 10.1. The smallest absolute Gasteiger partial charge is 0.270 e. The Morgan fingerprint density at radius 1 is 1.06 bits per heavy atom. The number of thioether (sulfide) groups is 1. The molecule has 0 aliphatic carbocycles. The Morgan fingerprint density at radius 3 is 2.54 bits per heavy atom. The average molecular weight is 630 g/mol. The number of carbonyl (C=O) groups is 1. The van der Waals surface area contributed by atoms with Gasteiger partial charge in [0.25, 0.3) is 5.91 Å². The Morgan fingerprint density at radius 2 is 1.83 bits per heavy atom. The van der Waals surface area contributed by atoms with Crippen LogP contribution in [0.15, 0.2) is 64.0 Å². The highest BCUT2D eigenvalue weighted by Crippen LogP contribution is 2.42. The Hall–Kier alpha value is -1.74. The first-order valence-electron chi connectivity index (χ1n) is 10.3. The van der Waals surface area contributed by atoms with Crippen LogP contribution in [0, 0.1) is 0 Å². The fourth-order valence-corrected chi connectivity index (χ4v) is 5.87.